The molecule has 2 aromatic rings. The first-order chi connectivity index (χ1) is 22.4. The second kappa shape index (κ2) is 12.6. The topological polar surface area (TPSA) is 163 Å². The van der Waals surface area contributed by atoms with Gasteiger partial charge in [0.1, 0.15) is 17.9 Å². The number of azo groups is 1. The fraction of sp³-hybridized carbons (Fsp3) is 0.459. The first kappa shape index (κ1) is 32.5. The van der Waals surface area contributed by atoms with Crippen molar-refractivity contribution in [1.82, 2.24) is 0 Å². The highest BCUT2D eigenvalue weighted by molar-refractivity contribution is 6.01. The molecular weight excluding hydrogens is 600 g/mol. The Hall–Kier alpha value is -4.44. The number of ether oxygens (including phenoxy) is 1. The lowest BCUT2D eigenvalue weighted by atomic mass is 9.46. The summed E-state index contributed by atoms with van der Waals surface area (Å²) in [5.41, 5.74) is 1.54. The first-order valence-electron chi connectivity index (χ1n) is 16.3. The molecule has 246 valence electrons. The fourth-order valence-electron chi connectivity index (χ4n) is 9.10. The van der Waals surface area contributed by atoms with Gasteiger partial charge in [0.05, 0.1) is 17.5 Å². The van der Waals surface area contributed by atoms with Crippen molar-refractivity contribution >= 4 is 34.9 Å². The Morgan fingerprint density at radius 2 is 1.83 bits per heavy atom. The van der Waals surface area contributed by atoms with E-state index < -0.39 is 18.0 Å². The van der Waals surface area contributed by atoms with Crippen molar-refractivity contribution < 1.29 is 39.2 Å². The van der Waals surface area contributed by atoms with Gasteiger partial charge in [-0.25, -0.2) is 4.79 Å². The molecule has 2 aromatic carbocycles. The Balaban J connectivity index is 1.06. The number of ketones is 2. The predicted molar refractivity (Wildman–Crippen MR) is 171 cm³/mol. The molecule has 0 heterocycles. The maximum absolute atomic E-state index is 13.5. The molecule has 0 radical (unpaired) electrons. The quantitative estimate of drug-likeness (QED) is 0.208. The zero-order valence-electron chi connectivity index (χ0n) is 26.6. The van der Waals surface area contributed by atoms with E-state index in [2.05, 4.69) is 24.1 Å². The summed E-state index contributed by atoms with van der Waals surface area (Å²) in [6.07, 6.45) is 8.87. The molecule has 3 saturated carbocycles. The van der Waals surface area contributed by atoms with Gasteiger partial charge < -0.3 is 20.1 Å². The normalized spacial score (nSPS) is 31.1. The Labute approximate surface area is 273 Å². The SMILES string of the molecule is CC12C=CC(=O)C=C1CCC1C2C(O)CC2(C)C(C(=O)COC(=O)CCc3ccccc3/N=N/c3ccc(O)c(C(=O)O)c3)CCC12. The van der Waals surface area contributed by atoms with E-state index in [0.717, 1.165) is 30.4 Å². The number of allylic oxidation sites excluding steroid dienone is 4. The van der Waals surface area contributed by atoms with E-state index in [4.69, 9.17) is 4.74 Å². The lowest BCUT2D eigenvalue weighted by molar-refractivity contribution is -0.153. The molecule has 0 aromatic heterocycles. The molecule has 0 spiro atoms. The number of phenols is 1. The van der Waals surface area contributed by atoms with E-state index in [9.17, 15) is 34.5 Å². The number of Topliss-reactive ketones (excluding diaryl/α,β-unsaturated/α-hetero) is 1. The molecule has 10 heteroatoms. The lowest BCUT2D eigenvalue weighted by Gasteiger charge is -2.58. The average molecular weight is 641 g/mol. The van der Waals surface area contributed by atoms with Crippen LogP contribution in [-0.4, -0.2) is 51.5 Å². The van der Waals surface area contributed by atoms with E-state index in [1.54, 1.807) is 36.4 Å². The lowest BCUT2D eigenvalue weighted by Crippen LogP contribution is -2.56. The minimum atomic E-state index is -1.28. The summed E-state index contributed by atoms with van der Waals surface area (Å²) in [7, 11) is 0. The maximum atomic E-state index is 13.5. The van der Waals surface area contributed by atoms with Crippen LogP contribution in [0.15, 0.2) is 76.5 Å². The number of aromatic carboxylic acids is 1. The smallest absolute Gasteiger partial charge is 0.339 e. The fourth-order valence-corrected chi connectivity index (χ4v) is 9.10. The number of aliphatic hydroxyl groups excluding tert-OH is 1. The number of carboxylic acids is 1. The summed E-state index contributed by atoms with van der Waals surface area (Å²) in [5.74, 6) is -2.04. The molecule has 0 aliphatic heterocycles. The van der Waals surface area contributed by atoms with Crippen molar-refractivity contribution in [2.75, 3.05) is 6.61 Å². The number of fused-ring (bicyclic) bond motifs is 5. The Bertz CT molecular complexity index is 1710. The molecule has 47 heavy (non-hydrogen) atoms. The highest BCUT2D eigenvalue weighted by atomic mass is 16.5. The van der Waals surface area contributed by atoms with Gasteiger partial charge >= 0.3 is 11.9 Å². The van der Waals surface area contributed by atoms with Crippen molar-refractivity contribution in [2.45, 2.75) is 64.9 Å². The van der Waals surface area contributed by atoms with Crippen LogP contribution in [0.4, 0.5) is 11.4 Å². The van der Waals surface area contributed by atoms with Crippen molar-refractivity contribution in [3.05, 3.63) is 77.4 Å². The minimum absolute atomic E-state index is 0.00215. The van der Waals surface area contributed by atoms with Crippen LogP contribution in [0.1, 0.15) is 68.3 Å². The molecule has 10 nitrogen and oxygen atoms in total. The maximum Gasteiger partial charge on any atom is 0.339 e. The monoisotopic (exact) mass is 640 g/mol. The third kappa shape index (κ3) is 6.06. The number of carboxylic acid groups (broad SMARTS) is 1. The summed E-state index contributed by atoms with van der Waals surface area (Å²) in [4.78, 5) is 49.7. The predicted octanol–water partition coefficient (Wildman–Crippen LogP) is 6.45. The first-order valence-corrected chi connectivity index (χ1v) is 16.3. The van der Waals surface area contributed by atoms with Gasteiger partial charge in [0.15, 0.2) is 11.6 Å². The van der Waals surface area contributed by atoms with Crippen LogP contribution in [0.3, 0.4) is 0 Å². The van der Waals surface area contributed by atoms with Gasteiger partial charge in [-0.1, -0.05) is 43.7 Å². The molecular formula is C37H40N2O8. The number of hydrogen-bond acceptors (Lipinski definition) is 9. The van der Waals surface area contributed by atoms with E-state index >= 15 is 0 Å². The van der Waals surface area contributed by atoms with Crippen molar-refractivity contribution in [1.29, 1.82) is 0 Å². The summed E-state index contributed by atoms with van der Waals surface area (Å²) in [5, 5.41) is 38.8. The van der Waals surface area contributed by atoms with Crippen LogP contribution in [0.5, 0.6) is 5.75 Å². The molecule has 7 unspecified atom stereocenters. The van der Waals surface area contributed by atoms with Gasteiger partial charge in [-0.2, -0.15) is 10.2 Å². The highest BCUT2D eigenvalue weighted by Gasteiger charge is 2.62. The number of aliphatic hydroxyl groups is 1. The zero-order chi connectivity index (χ0) is 33.5. The number of aromatic hydroxyl groups is 1. The number of benzene rings is 2. The van der Waals surface area contributed by atoms with Gasteiger partial charge in [-0.15, -0.1) is 0 Å². The van der Waals surface area contributed by atoms with Crippen LogP contribution >= 0.6 is 0 Å². The van der Waals surface area contributed by atoms with Crippen LogP contribution in [0, 0.1) is 34.5 Å². The van der Waals surface area contributed by atoms with Gasteiger partial charge in [0.25, 0.3) is 0 Å². The van der Waals surface area contributed by atoms with Gasteiger partial charge in [0, 0.05) is 23.7 Å². The van der Waals surface area contributed by atoms with E-state index in [1.807, 2.05) is 6.08 Å². The Morgan fingerprint density at radius 1 is 1.04 bits per heavy atom. The summed E-state index contributed by atoms with van der Waals surface area (Å²) in [6.45, 7) is 3.95. The Morgan fingerprint density at radius 3 is 2.62 bits per heavy atom. The minimum Gasteiger partial charge on any atom is -0.507 e. The van der Waals surface area contributed by atoms with Crippen molar-refractivity contribution in [2.24, 2.45) is 44.7 Å². The number of carbonyl (C=O) groups excluding carboxylic acids is 3. The molecule has 0 amide bonds. The molecule has 0 bridgehead atoms. The van der Waals surface area contributed by atoms with E-state index in [-0.39, 0.29) is 76.1 Å². The third-order valence-corrected chi connectivity index (χ3v) is 11.3. The second-order valence-electron chi connectivity index (χ2n) is 13.9. The molecule has 0 saturated heterocycles. The van der Waals surface area contributed by atoms with Crippen LogP contribution < -0.4 is 0 Å². The number of nitrogens with zero attached hydrogens (tertiary/aromatic N) is 2. The second-order valence-corrected chi connectivity index (χ2v) is 13.9. The third-order valence-electron chi connectivity index (χ3n) is 11.3. The number of hydrogen-bond donors (Lipinski definition) is 3. The summed E-state index contributed by atoms with van der Waals surface area (Å²) < 4.78 is 5.48. The number of aryl methyl sites for hydroxylation is 1. The molecule has 4 aliphatic rings. The number of carbonyl (C=O) groups is 4. The molecule has 7 atom stereocenters. The van der Waals surface area contributed by atoms with E-state index in [1.165, 1.54) is 18.2 Å². The van der Waals surface area contributed by atoms with Crippen molar-refractivity contribution in [3.8, 4) is 5.75 Å². The van der Waals surface area contributed by atoms with Crippen LogP contribution in [0.2, 0.25) is 0 Å². The van der Waals surface area contributed by atoms with Crippen molar-refractivity contribution in [3.63, 3.8) is 0 Å². The highest BCUT2D eigenvalue weighted by Crippen LogP contribution is 2.66. The molecule has 6 rings (SSSR count). The Kier molecular flexibility index (Phi) is 8.74. The molecule has 3 N–H and O–H groups in total. The standard InChI is InChI=1S/C37H40N2O8/c1-36-16-15-24(40)17-22(36)8-10-25-27-11-12-28(37(27,2)19-31(42)34(25)36)32(43)20-47-33(44)14-7-21-5-3-4-6-29(21)39-38-23-9-13-30(41)26(18-23)35(45)46/h3-6,9,13,15-18,25,27-28,31,34,41-42H,7-8,10-12,14,19-20H2,1-2H3,(H,45,46)/b39-38+. The van der Waals surface area contributed by atoms with Gasteiger partial charge in [-0.05, 0) is 97.8 Å². The van der Waals surface area contributed by atoms with Crippen LogP contribution in [-0.2, 0) is 25.5 Å². The van der Waals surface area contributed by atoms with Crippen LogP contribution in [0.25, 0.3) is 0 Å². The van der Waals surface area contributed by atoms with Gasteiger partial charge in [-0.3, -0.25) is 14.4 Å². The number of esters is 1. The number of rotatable bonds is 9. The summed E-state index contributed by atoms with van der Waals surface area (Å²) >= 11 is 0. The zero-order valence-corrected chi connectivity index (χ0v) is 26.6. The van der Waals surface area contributed by atoms with Gasteiger partial charge in [0.2, 0.25) is 0 Å². The summed E-state index contributed by atoms with van der Waals surface area (Å²) in [6, 6.07) is 11.0. The van der Waals surface area contributed by atoms with E-state index in [0.29, 0.717) is 24.9 Å². The molecule has 4 aliphatic carbocycles. The average Bonchev–Trinajstić information content (AvgIpc) is 3.39. The largest absolute Gasteiger partial charge is 0.507 e. The molecule has 3 fully saturated rings.